The fourth-order valence-electron chi connectivity index (χ4n) is 3.41. The molecule has 1 saturated heterocycles. The van der Waals surface area contributed by atoms with Crippen LogP contribution in [0.2, 0.25) is 0 Å². The Labute approximate surface area is 130 Å². The normalized spacial score (nSPS) is 22.2. The third kappa shape index (κ3) is 2.67. The molecule has 6 nitrogen and oxygen atoms in total. The standard InChI is InChI=1S/C16H22N4O2/c21-16(20-7-9-22-10-8-20)19-5-3-13-14(4-6-19)17-11-18-15(13)12-1-2-12/h11-12H,1-10H2. The van der Waals surface area contributed by atoms with Crippen molar-refractivity contribution in [2.24, 2.45) is 0 Å². The second-order valence-corrected chi connectivity index (χ2v) is 6.33. The Morgan fingerprint density at radius 3 is 2.55 bits per heavy atom. The fourth-order valence-corrected chi connectivity index (χ4v) is 3.41. The first-order chi connectivity index (χ1) is 10.8. The van der Waals surface area contributed by atoms with Crippen molar-refractivity contribution in [3.8, 4) is 0 Å². The van der Waals surface area contributed by atoms with E-state index in [0.717, 1.165) is 31.6 Å². The van der Waals surface area contributed by atoms with E-state index < -0.39 is 0 Å². The maximum atomic E-state index is 12.6. The quantitative estimate of drug-likeness (QED) is 0.782. The van der Waals surface area contributed by atoms with Gasteiger partial charge in [-0.2, -0.15) is 0 Å². The summed E-state index contributed by atoms with van der Waals surface area (Å²) >= 11 is 0. The number of amides is 2. The van der Waals surface area contributed by atoms with Gasteiger partial charge in [0.25, 0.3) is 0 Å². The van der Waals surface area contributed by atoms with Crippen LogP contribution in [0.4, 0.5) is 4.79 Å². The van der Waals surface area contributed by atoms with E-state index in [1.165, 1.54) is 24.1 Å². The van der Waals surface area contributed by atoms with Crippen LogP contribution < -0.4 is 0 Å². The Morgan fingerprint density at radius 1 is 1.05 bits per heavy atom. The van der Waals surface area contributed by atoms with Crippen LogP contribution in [0.25, 0.3) is 0 Å². The van der Waals surface area contributed by atoms with Crippen LogP contribution in [-0.2, 0) is 17.6 Å². The number of hydrogen-bond donors (Lipinski definition) is 0. The van der Waals surface area contributed by atoms with Gasteiger partial charge >= 0.3 is 6.03 Å². The minimum absolute atomic E-state index is 0.150. The SMILES string of the molecule is O=C(N1CCOCC1)N1CCc2ncnc(C3CC3)c2CC1. The Hall–Kier alpha value is -1.69. The molecule has 3 heterocycles. The predicted octanol–water partition coefficient (Wildman–Crippen LogP) is 1.21. The number of aromatic nitrogens is 2. The molecule has 2 aliphatic heterocycles. The molecule has 0 spiro atoms. The molecule has 0 atom stereocenters. The van der Waals surface area contributed by atoms with Crippen LogP contribution >= 0.6 is 0 Å². The highest BCUT2D eigenvalue weighted by molar-refractivity contribution is 5.74. The molecule has 22 heavy (non-hydrogen) atoms. The molecule has 0 N–H and O–H groups in total. The lowest BCUT2D eigenvalue weighted by molar-refractivity contribution is 0.0436. The Bertz CT molecular complexity index is 567. The highest BCUT2D eigenvalue weighted by Crippen LogP contribution is 2.41. The van der Waals surface area contributed by atoms with Crippen LogP contribution in [0.3, 0.4) is 0 Å². The average molecular weight is 302 g/mol. The van der Waals surface area contributed by atoms with Crippen molar-refractivity contribution in [2.45, 2.75) is 31.6 Å². The van der Waals surface area contributed by atoms with E-state index in [4.69, 9.17) is 4.74 Å². The maximum Gasteiger partial charge on any atom is 0.320 e. The van der Waals surface area contributed by atoms with E-state index in [1.807, 2.05) is 9.80 Å². The number of fused-ring (bicyclic) bond motifs is 1. The summed E-state index contributed by atoms with van der Waals surface area (Å²) < 4.78 is 5.33. The number of urea groups is 1. The van der Waals surface area contributed by atoms with Crippen molar-refractivity contribution in [2.75, 3.05) is 39.4 Å². The van der Waals surface area contributed by atoms with E-state index in [1.54, 1.807) is 6.33 Å². The Balaban J connectivity index is 1.48. The number of carbonyl (C=O) groups excluding carboxylic acids is 1. The van der Waals surface area contributed by atoms with Gasteiger partial charge in [0, 0.05) is 44.2 Å². The van der Waals surface area contributed by atoms with Crippen LogP contribution in [-0.4, -0.2) is 65.2 Å². The Kier molecular flexibility index (Phi) is 3.70. The summed E-state index contributed by atoms with van der Waals surface area (Å²) in [5, 5.41) is 0. The first kappa shape index (κ1) is 13.9. The molecule has 118 valence electrons. The summed E-state index contributed by atoms with van der Waals surface area (Å²) in [5.41, 5.74) is 3.70. The smallest absolute Gasteiger partial charge is 0.320 e. The molecule has 1 aromatic heterocycles. The van der Waals surface area contributed by atoms with Gasteiger partial charge in [0.2, 0.25) is 0 Å². The molecule has 1 aliphatic carbocycles. The summed E-state index contributed by atoms with van der Waals surface area (Å²) in [5.74, 6) is 0.637. The van der Waals surface area contributed by atoms with Gasteiger partial charge in [0.1, 0.15) is 6.33 Å². The number of hydrogen-bond acceptors (Lipinski definition) is 4. The topological polar surface area (TPSA) is 58.6 Å². The third-order valence-corrected chi connectivity index (χ3v) is 4.83. The van der Waals surface area contributed by atoms with Gasteiger partial charge in [-0.1, -0.05) is 0 Å². The van der Waals surface area contributed by atoms with Gasteiger partial charge in [-0.25, -0.2) is 14.8 Å². The molecule has 1 saturated carbocycles. The zero-order valence-corrected chi connectivity index (χ0v) is 12.8. The summed E-state index contributed by atoms with van der Waals surface area (Å²) in [7, 11) is 0. The Morgan fingerprint density at radius 2 is 1.77 bits per heavy atom. The maximum absolute atomic E-state index is 12.6. The van der Waals surface area contributed by atoms with Crippen molar-refractivity contribution < 1.29 is 9.53 Å². The summed E-state index contributed by atoms with van der Waals surface area (Å²) in [6, 6.07) is 0.150. The zero-order valence-electron chi connectivity index (χ0n) is 12.8. The van der Waals surface area contributed by atoms with Crippen molar-refractivity contribution in [1.29, 1.82) is 0 Å². The number of nitrogens with zero attached hydrogens (tertiary/aromatic N) is 4. The van der Waals surface area contributed by atoms with Crippen LogP contribution in [0.1, 0.15) is 35.7 Å². The van der Waals surface area contributed by atoms with Gasteiger partial charge < -0.3 is 14.5 Å². The lowest BCUT2D eigenvalue weighted by atomic mass is 10.0. The highest BCUT2D eigenvalue weighted by atomic mass is 16.5. The molecule has 0 bridgehead atoms. The van der Waals surface area contributed by atoms with Gasteiger partial charge in [-0.3, -0.25) is 0 Å². The monoisotopic (exact) mass is 302 g/mol. The lowest BCUT2D eigenvalue weighted by Crippen LogP contribution is -2.48. The molecular formula is C16H22N4O2. The van der Waals surface area contributed by atoms with Gasteiger partial charge in [0.15, 0.2) is 0 Å². The van der Waals surface area contributed by atoms with Crippen LogP contribution in [0, 0.1) is 0 Å². The second-order valence-electron chi connectivity index (χ2n) is 6.33. The zero-order chi connectivity index (χ0) is 14.9. The summed E-state index contributed by atoms with van der Waals surface area (Å²) in [6.07, 6.45) is 5.93. The molecule has 2 amide bonds. The van der Waals surface area contributed by atoms with Gasteiger partial charge in [-0.05, 0) is 24.8 Å². The molecule has 0 aromatic carbocycles. The summed E-state index contributed by atoms with van der Waals surface area (Å²) in [6.45, 7) is 4.24. The van der Waals surface area contributed by atoms with Crippen LogP contribution in [0.15, 0.2) is 6.33 Å². The van der Waals surface area contributed by atoms with Crippen molar-refractivity contribution in [1.82, 2.24) is 19.8 Å². The van der Waals surface area contributed by atoms with Crippen molar-refractivity contribution in [3.63, 3.8) is 0 Å². The summed E-state index contributed by atoms with van der Waals surface area (Å²) in [4.78, 5) is 25.5. The fraction of sp³-hybridized carbons (Fsp3) is 0.688. The number of morpholine rings is 1. The van der Waals surface area contributed by atoms with Gasteiger partial charge in [0.05, 0.1) is 18.9 Å². The molecule has 6 heteroatoms. The number of carbonyl (C=O) groups is 1. The highest BCUT2D eigenvalue weighted by Gasteiger charge is 2.31. The average Bonchev–Trinajstić information content (AvgIpc) is 3.41. The molecular weight excluding hydrogens is 280 g/mol. The predicted molar refractivity (Wildman–Crippen MR) is 80.8 cm³/mol. The van der Waals surface area contributed by atoms with E-state index in [9.17, 15) is 4.79 Å². The number of ether oxygens (including phenoxy) is 1. The third-order valence-electron chi connectivity index (χ3n) is 4.83. The largest absolute Gasteiger partial charge is 0.378 e. The minimum atomic E-state index is 0.150. The molecule has 4 rings (SSSR count). The van der Waals surface area contributed by atoms with Crippen LogP contribution in [0.5, 0.6) is 0 Å². The molecule has 3 aliphatic rings. The lowest BCUT2D eigenvalue weighted by Gasteiger charge is -2.32. The van der Waals surface area contributed by atoms with E-state index in [2.05, 4.69) is 9.97 Å². The molecule has 0 unspecified atom stereocenters. The van der Waals surface area contributed by atoms with Crippen molar-refractivity contribution >= 4 is 6.03 Å². The minimum Gasteiger partial charge on any atom is -0.378 e. The molecule has 2 fully saturated rings. The van der Waals surface area contributed by atoms with E-state index >= 15 is 0 Å². The number of rotatable bonds is 1. The van der Waals surface area contributed by atoms with E-state index in [-0.39, 0.29) is 6.03 Å². The first-order valence-electron chi connectivity index (χ1n) is 8.27. The van der Waals surface area contributed by atoms with E-state index in [0.29, 0.717) is 32.2 Å². The first-order valence-corrected chi connectivity index (χ1v) is 8.27. The van der Waals surface area contributed by atoms with Gasteiger partial charge in [-0.15, -0.1) is 0 Å². The molecule has 1 aromatic rings. The van der Waals surface area contributed by atoms with Crippen molar-refractivity contribution in [3.05, 3.63) is 23.3 Å². The second kappa shape index (κ2) is 5.83. The molecule has 0 radical (unpaired) electrons.